The molecule has 0 saturated heterocycles. The first-order chi connectivity index (χ1) is 8.15. The lowest BCUT2D eigenvalue weighted by Crippen LogP contribution is -1.89. The minimum atomic E-state index is -0.280. The maximum absolute atomic E-state index is 13.1. The number of hydrogen-bond acceptors (Lipinski definition) is 2. The van der Waals surface area contributed by atoms with Crippen LogP contribution in [-0.4, -0.2) is 0 Å². The van der Waals surface area contributed by atoms with E-state index in [0.717, 1.165) is 10.6 Å². The summed E-state index contributed by atoms with van der Waals surface area (Å²) in [7, 11) is 0. The molecule has 17 heavy (non-hydrogen) atoms. The van der Waals surface area contributed by atoms with Crippen molar-refractivity contribution in [2.24, 2.45) is 0 Å². The van der Waals surface area contributed by atoms with E-state index in [1.807, 2.05) is 12.1 Å². The van der Waals surface area contributed by atoms with Crippen LogP contribution < -0.4 is 5.73 Å². The molecule has 0 aromatic heterocycles. The van der Waals surface area contributed by atoms with E-state index in [4.69, 9.17) is 5.73 Å². The SMILES string of the molecule is Cc1ccccc1CSc1cc(N)cc(F)c1. The molecule has 1 nitrogen and oxygen atoms in total. The summed E-state index contributed by atoms with van der Waals surface area (Å²) in [4.78, 5) is 0.866. The maximum Gasteiger partial charge on any atom is 0.126 e. The first-order valence-corrected chi connectivity index (χ1v) is 6.37. The number of thioether (sulfide) groups is 1. The topological polar surface area (TPSA) is 26.0 Å². The zero-order chi connectivity index (χ0) is 12.3. The van der Waals surface area contributed by atoms with Crippen molar-refractivity contribution in [2.45, 2.75) is 17.6 Å². The van der Waals surface area contributed by atoms with Crippen LogP contribution in [0.15, 0.2) is 47.4 Å². The van der Waals surface area contributed by atoms with E-state index >= 15 is 0 Å². The van der Waals surface area contributed by atoms with Gasteiger partial charge in [0, 0.05) is 16.3 Å². The predicted molar refractivity (Wildman–Crippen MR) is 71.6 cm³/mol. The van der Waals surface area contributed by atoms with Crippen LogP contribution in [0.1, 0.15) is 11.1 Å². The first kappa shape index (κ1) is 12.0. The van der Waals surface area contributed by atoms with Gasteiger partial charge in [-0.2, -0.15) is 0 Å². The molecule has 0 spiro atoms. The second kappa shape index (κ2) is 5.23. The molecule has 0 heterocycles. The molecule has 88 valence electrons. The van der Waals surface area contributed by atoms with Crippen molar-refractivity contribution < 1.29 is 4.39 Å². The van der Waals surface area contributed by atoms with Gasteiger partial charge in [-0.1, -0.05) is 24.3 Å². The lowest BCUT2D eigenvalue weighted by Gasteiger charge is -2.06. The number of benzene rings is 2. The molecule has 0 aliphatic carbocycles. The van der Waals surface area contributed by atoms with Gasteiger partial charge >= 0.3 is 0 Å². The highest BCUT2D eigenvalue weighted by atomic mass is 32.2. The van der Waals surface area contributed by atoms with Gasteiger partial charge in [-0.05, 0) is 36.2 Å². The van der Waals surface area contributed by atoms with Crippen LogP contribution in [0.2, 0.25) is 0 Å². The summed E-state index contributed by atoms with van der Waals surface area (Å²) in [6, 6.07) is 12.8. The molecular weight excluding hydrogens is 233 g/mol. The number of nitrogen functional groups attached to an aromatic ring is 1. The number of halogens is 1. The van der Waals surface area contributed by atoms with E-state index in [1.165, 1.54) is 23.3 Å². The molecule has 0 aliphatic heterocycles. The fraction of sp³-hybridized carbons (Fsp3) is 0.143. The van der Waals surface area contributed by atoms with Gasteiger partial charge in [0.1, 0.15) is 5.82 Å². The van der Waals surface area contributed by atoms with Gasteiger partial charge in [0.25, 0.3) is 0 Å². The summed E-state index contributed by atoms with van der Waals surface area (Å²) in [5.41, 5.74) is 8.59. The number of nitrogens with two attached hydrogens (primary N) is 1. The average Bonchev–Trinajstić information content (AvgIpc) is 2.27. The molecule has 0 radical (unpaired) electrons. The van der Waals surface area contributed by atoms with Gasteiger partial charge in [-0.3, -0.25) is 0 Å². The number of hydrogen-bond donors (Lipinski definition) is 1. The third-order valence-electron chi connectivity index (χ3n) is 2.55. The standard InChI is InChI=1S/C14H14FNS/c1-10-4-2-3-5-11(10)9-17-14-7-12(15)6-13(16)8-14/h2-8H,9,16H2,1H3. The van der Waals surface area contributed by atoms with Gasteiger partial charge in [-0.25, -0.2) is 4.39 Å². The fourth-order valence-corrected chi connectivity index (χ4v) is 2.66. The van der Waals surface area contributed by atoms with E-state index < -0.39 is 0 Å². The van der Waals surface area contributed by atoms with Crippen LogP contribution in [-0.2, 0) is 5.75 Å². The molecular formula is C14H14FNS. The molecule has 0 fully saturated rings. The molecule has 0 aliphatic rings. The van der Waals surface area contributed by atoms with Crippen molar-refractivity contribution in [3.63, 3.8) is 0 Å². The van der Waals surface area contributed by atoms with Crippen LogP contribution in [0.3, 0.4) is 0 Å². The Bertz CT molecular complexity index is 505. The molecule has 2 rings (SSSR count). The van der Waals surface area contributed by atoms with E-state index in [2.05, 4.69) is 19.1 Å². The molecule has 2 aromatic rings. The quantitative estimate of drug-likeness (QED) is 0.655. The first-order valence-electron chi connectivity index (χ1n) is 5.38. The lowest BCUT2D eigenvalue weighted by atomic mass is 10.1. The second-order valence-electron chi connectivity index (χ2n) is 3.94. The molecule has 3 heteroatoms. The zero-order valence-corrected chi connectivity index (χ0v) is 10.4. The Morgan fingerprint density at radius 3 is 2.65 bits per heavy atom. The second-order valence-corrected chi connectivity index (χ2v) is 4.98. The van der Waals surface area contributed by atoms with Crippen LogP contribution in [0.25, 0.3) is 0 Å². The highest BCUT2D eigenvalue weighted by Crippen LogP contribution is 2.26. The highest BCUT2D eigenvalue weighted by Gasteiger charge is 2.02. The van der Waals surface area contributed by atoms with Crippen LogP contribution in [0.4, 0.5) is 10.1 Å². The molecule has 0 atom stereocenters. The van der Waals surface area contributed by atoms with Crippen LogP contribution >= 0.6 is 11.8 Å². The van der Waals surface area contributed by atoms with Crippen molar-refractivity contribution in [3.8, 4) is 0 Å². The number of aryl methyl sites for hydroxylation is 1. The van der Waals surface area contributed by atoms with Gasteiger partial charge in [0.05, 0.1) is 0 Å². The molecule has 0 unspecified atom stereocenters. The Kier molecular flexibility index (Phi) is 3.69. The van der Waals surface area contributed by atoms with Crippen LogP contribution in [0, 0.1) is 12.7 Å². The summed E-state index contributed by atoms with van der Waals surface area (Å²) in [6.45, 7) is 2.08. The Morgan fingerprint density at radius 2 is 1.94 bits per heavy atom. The van der Waals surface area contributed by atoms with Gasteiger partial charge in [-0.15, -0.1) is 11.8 Å². The molecule has 0 saturated carbocycles. The smallest absolute Gasteiger partial charge is 0.126 e. The highest BCUT2D eigenvalue weighted by molar-refractivity contribution is 7.98. The lowest BCUT2D eigenvalue weighted by molar-refractivity contribution is 0.625. The third kappa shape index (κ3) is 3.24. The van der Waals surface area contributed by atoms with E-state index in [1.54, 1.807) is 17.8 Å². The number of rotatable bonds is 3. The molecule has 2 N–H and O–H groups in total. The summed E-state index contributed by atoms with van der Waals surface area (Å²) in [6.07, 6.45) is 0. The van der Waals surface area contributed by atoms with Gasteiger partial charge in [0.2, 0.25) is 0 Å². The van der Waals surface area contributed by atoms with Crippen molar-refractivity contribution in [1.82, 2.24) is 0 Å². The summed E-state index contributed by atoms with van der Waals surface area (Å²) in [5, 5.41) is 0. The summed E-state index contributed by atoms with van der Waals surface area (Å²) < 4.78 is 13.1. The largest absolute Gasteiger partial charge is 0.399 e. The monoisotopic (exact) mass is 247 g/mol. The molecule has 0 amide bonds. The Morgan fingerprint density at radius 1 is 1.18 bits per heavy atom. The Hall–Kier alpha value is -1.48. The van der Waals surface area contributed by atoms with E-state index in [9.17, 15) is 4.39 Å². The molecule has 2 aromatic carbocycles. The van der Waals surface area contributed by atoms with Gasteiger partial charge < -0.3 is 5.73 Å². The van der Waals surface area contributed by atoms with E-state index in [-0.39, 0.29) is 5.82 Å². The fourth-order valence-electron chi connectivity index (χ4n) is 1.60. The third-order valence-corrected chi connectivity index (χ3v) is 3.57. The van der Waals surface area contributed by atoms with Crippen molar-refractivity contribution in [2.75, 3.05) is 5.73 Å². The Balaban J connectivity index is 2.10. The summed E-state index contributed by atoms with van der Waals surface area (Å²) in [5.74, 6) is 0.549. The normalized spacial score (nSPS) is 10.5. The maximum atomic E-state index is 13.1. The Labute approximate surface area is 105 Å². The van der Waals surface area contributed by atoms with Gasteiger partial charge in [0.15, 0.2) is 0 Å². The zero-order valence-electron chi connectivity index (χ0n) is 9.61. The van der Waals surface area contributed by atoms with Crippen molar-refractivity contribution in [3.05, 3.63) is 59.4 Å². The average molecular weight is 247 g/mol. The van der Waals surface area contributed by atoms with Crippen molar-refractivity contribution >= 4 is 17.4 Å². The number of anilines is 1. The van der Waals surface area contributed by atoms with Crippen LogP contribution in [0.5, 0.6) is 0 Å². The van der Waals surface area contributed by atoms with Crippen molar-refractivity contribution in [1.29, 1.82) is 0 Å². The molecule has 0 bridgehead atoms. The minimum Gasteiger partial charge on any atom is -0.399 e. The van der Waals surface area contributed by atoms with E-state index in [0.29, 0.717) is 5.69 Å². The minimum absolute atomic E-state index is 0.280. The predicted octanol–water partition coefficient (Wildman–Crippen LogP) is 4.01. The summed E-state index contributed by atoms with van der Waals surface area (Å²) >= 11 is 1.60.